The van der Waals surface area contributed by atoms with E-state index in [1.807, 2.05) is 20.8 Å². The van der Waals surface area contributed by atoms with Crippen LogP contribution in [0, 0.1) is 11.6 Å². The van der Waals surface area contributed by atoms with Gasteiger partial charge in [0.1, 0.15) is 6.61 Å². The Hall–Kier alpha value is -1.49. The van der Waals surface area contributed by atoms with Crippen LogP contribution in [0.3, 0.4) is 0 Å². The number of benzene rings is 1. The Kier molecular flexibility index (Phi) is 5.42. The number of hydrogen-bond donors (Lipinski definition) is 1. The van der Waals surface area contributed by atoms with E-state index >= 15 is 0 Å². The molecule has 0 heterocycles. The van der Waals surface area contributed by atoms with Crippen molar-refractivity contribution in [2.24, 2.45) is 0 Å². The molecule has 0 unspecified atom stereocenters. The summed E-state index contributed by atoms with van der Waals surface area (Å²) in [5.41, 5.74) is -0.352. The molecule has 1 rings (SSSR count). The molecule has 0 saturated heterocycles. The summed E-state index contributed by atoms with van der Waals surface area (Å²) in [6.07, 6.45) is 0.973. The molecule has 0 saturated carbocycles. The summed E-state index contributed by atoms with van der Waals surface area (Å²) in [6.45, 7) is 6.82. The quantitative estimate of drug-likeness (QED) is 0.808. The predicted octanol–water partition coefficient (Wildman–Crippen LogP) is 2.90. The summed E-state index contributed by atoms with van der Waals surface area (Å²) in [5, 5.41) is 3.22. The van der Waals surface area contributed by atoms with Crippen molar-refractivity contribution in [3.8, 4) is 0 Å². The molecule has 0 amide bonds. The number of carbonyl (C=O) groups is 1. The van der Waals surface area contributed by atoms with Crippen LogP contribution in [-0.2, 0) is 4.74 Å². The lowest BCUT2D eigenvalue weighted by molar-refractivity contribution is 0.0400. The number of halogens is 2. The van der Waals surface area contributed by atoms with Gasteiger partial charge in [-0.25, -0.2) is 13.6 Å². The monoisotopic (exact) mass is 271 g/mol. The van der Waals surface area contributed by atoms with Gasteiger partial charge in [0.2, 0.25) is 0 Å². The van der Waals surface area contributed by atoms with Crippen molar-refractivity contribution < 1.29 is 18.3 Å². The van der Waals surface area contributed by atoms with Gasteiger partial charge in [-0.15, -0.1) is 0 Å². The molecule has 0 bridgehead atoms. The zero-order chi connectivity index (χ0) is 14.5. The van der Waals surface area contributed by atoms with E-state index < -0.39 is 17.6 Å². The van der Waals surface area contributed by atoms with Gasteiger partial charge in [-0.2, -0.15) is 0 Å². The Balaban J connectivity index is 2.57. The second-order valence-corrected chi connectivity index (χ2v) is 5.02. The average Bonchev–Trinajstić information content (AvgIpc) is 2.37. The van der Waals surface area contributed by atoms with Crippen LogP contribution >= 0.6 is 0 Å². The van der Waals surface area contributed by atoms with Crippen LogP contribution in [0.2, 0.25) is 0 Å². The maximum absolute atomic E-state index is 13.0. The SMILES string of the molecule is CCCNC(C)(C)COC(=O)c1ccc(F)c(F)c1. The first-order valence-corrected chi connectivity index (χ1v) is 6.23. The van der Waals surface area contributed by atoms with Crippen molar-refractivity contribution in [3.63, 3.8) is 0 Å². The molecular formula is C14H19F2NO2. The molecule has 0 aliphatic heterocycles. The predicted molar refractivity (Wildman–Crippen MR) is 69.0 cm³/mol. The zero-order valence-electron chi connectivity index (χ0n) is 11.4. The van der Waals surface area contributed by atoms with Gasteiger partial charge in [-0.1, -0.05) is 6.92 Å². The van der Waals surface area contributed by atoms with Crippen LogP contribution in [0.5, 0.6) is 0 Å². The molecule has 0 aliphatic carbocycles. The Labute approximate surface area is 112 Å². The van der Waals surface area contributed by atoms with Gasteiger partial charge in [0.05, 0.1) is 5.56 Å². The summed E-state index contributed by atoms with van der Waals surface area (Å²) in [6, 6.07) is 2.95. The molecule has 5 heteroatoms. The number of nitrogens with one attached hydrogen (secondary N) is 1. The van der Waals surface area contributed by atoms with Gasteiger partial charge in [0, 0.05) is 5.54 Å². The van der Waals surface area contributed by atoms with Crippen molar-refractivity contribution in [2.75, 3.05) is 13.2 Å². The van der Waals surface area contributed by atoms with Crippen molar-refractivity contribution >= 4 is 5.97 Å². The normalized spacial score (nSPS) is 11.4. The highest BCUT2D eigenvalue weighted by Gasteiger charge is 2.20. The second-order valence-electron chi connectivity index (χ2n) is 5.02. The van der Waals surface area contributed by atoms with Crippen molar-refractivity contribution in [1.29, 1.82) is 0 Å². The van der Waals surface area contributed by atoms with Gasteiger partial charge in [-0.3, -0.25) is 0 Å². The van der Waals surface area contributed by atoms with E-state index in [1.165, 1.54) is 6.07 Å². The van der Waals surface area contributed by atoms with Crippen LogP contribution in [0.25, 0.3) is 0 Å². The molecule has 19 heavy (non-hydrogen) atoms. The number of hydrogen-bond acceptors (Lipinski definition) is 3. The Morgan fingerprint density at radius 1 is 1.32 bits per heavy atom. The minimum Gasteiger partial charge on any atom is -0.460 e. The van der Waals surface area contributed by atoms with Crippen LogP contribution in [0.15, 0.2) is 18.2 Å². The molecule has 0 atom stereocenters. The lowest BCUT2D eigenvalue weighted by Crippen LogP contribution is -2.44. The lowest BCUT2D eigenvalue weighted by atomic mass is 10.1. The third kappa shape index (κ3) is 4.95. The molecule has 1 N–H and O–H groups in total. The highest BCUT2D eigenvalue weighted by atomic mass is 19.2. The average molecular weight is 271 g/mol. The molecule has 0 aromatic heterocycles. The fourth-order valence-electron chi connectivity index (χ4n) is 1.47. The number of ether oxygens (including phenoxy) is 1. The fraction of sp³-hybridized carbons (Fsp3) is 0.500. The number of carbonyl (C=O) groups excluding carboxylic acids is 1. The molecule has 0 fully saturated rings. The van der Waals surface area contributed by atoms with E-state index in [9.17, 15) is 13.6 Å². The highest BCUT2D eigenvalue weighted by molar-refractivity contribution is 5.89. The van der Waals surface area contributed by atoms with Gasteiger partial charge in [0.25, 0.3) is 0 Å². The van der Waals surface area contributed by atoms with E-state index in [0.29, 0.717) is 0 Å². The smallest absolute Gasteiger partial charge is 0.338 e. The van der Waals surface area contributed by atoms with E-state index in [4.69, 9.17) is 4.74 Å². The van der Waals surface area contributed by atoms with E-state index in [1.54, 1.807) is 0 Å². The minimum absolute atomic E-state index is 0.00481. The zero-order valence-corrected chi connectivity index (χ0v) is 11.4. The van der Waals surface area contributed by atoms with Crippen LogP contribution < -0.4 is 5.32 Å². The van der Waals surface area contributed by atoms with E-state index in [2.05, 4.69) is 5.32 Å². The summed E-state index contributed by atoms with van der Waals surface area (Å²) in [5.74, 6) is -2.70. The van der Waals surface area contributed by atoms with Crippen molar-refractivity contribution in [1.82, 2.24) is 5.32 Å². The molecule has 0 spiro atoms. The first-order chi connectivity index (χ1) is 8.85. The molecule has 0 radical (unpaired) electrons. The number of esters is 1. The lowest BCUT2D eigenvalue weighted by Gasteiger charge is -2.25. The van der Waals surface area contributed by atoms with Crippen molar-refractivity contribution in [3.05, 3.63) is 35.4 Å². The maximum atomic E-state index is 13.0. The van der Waals surface area contributed by atoms with Crippen molar-refractivity contribution in [2.45, 2.75) is 32.7 Å². The first-order valence-electron chi connectivity index (χ1n) is 6.23. The largest absolute Gasteiger partial charge is 0.460 e. The molecule has 0 aliphatic rings. The molecular weight excluding hydrogens is 252 g/mol. The Morgan fingerprint density at radius 2 is 2.00 bits per heavy atom. The van der Waals surface area contributed by atoms with E-state index in [-0.39, 0.29) is 17.7 Å². The Bertz CT molecular complexity index is 447. The van der Waals surface area contributed by atoms with Gasteiger partial charge < -0.3 is 10.1 Å². The van der Waals surface area contributed by atoms with Gasteiger partial charge in [0.15, 0.2) is 11.6 Å². The first kappa shape index (κ1) is 15.6. The van der Waals surface area contributed by atoms with Gasteiger partial charge in [-0.05, 0) is 45.0 Å². The summed E-state index contributed by atoms with van der Waals surface area (Å²) < 4.78 is 30.8. The molecule has 106 valence electrons. The number of rotatable bonds is 6. The van der Waals surface area contributed by atoms with Crippen LogP contribution in [0.4, 0.5) is 8.78 Å². The van der Waals surface area contributed by atoms with E-state index in [0.717, 1.165) is 25.1 Å². The standard InChI is InChI=1S/C14H19F2NO2/c1-4-7-17-14(2,3)9-19-13(18)10-5-6-11(15)12(16)8-10/h5-6,8,17H,4,7,9H2,1-3H3. The van der Waals surface area contributed by atoms with Crippen LogP contribution in [-0.4, -0.2) is 24.7 Å². The summed E-state index contributed by atoms with van der Waals surface area (Å²) >= 11 is 0. The fourth-order valence-corrected chi connectivity index (χ4v) is 1.47. The summed E-state index contributed by atoms with van der Waals surface area (Å²) in [7, 11) is 0. The molecule has 1 aromatic rings. The third-order valence-electron chi connectivity index (χ3n) is 2.57. The molecule has 1 aromatic carbocycles. The summed E-state index contributed by atoms with van der Waals surface area (Å²) in [4.78, 5) is 11.7. The highest BCUT2D eigenvalue weighted by Crippen LogP contribution is 2.11. The molecule has 3 nitrogen and oxygen atoms in total. The second kappa shape index (κ2) is 6.61. The van der Waals surface area contributed by atoms with Gasteiger partial charge >= 0.3 is 5.97 Å². The Morgan fingerprint density at radius 3 is 2.58 bits per heavy atom. The maximum Gasteiger partial charge on any atom is 0.338 e. The topological polar surface area (TPSA) is 38.3 Å². The minimum atomic E-state index is -1.06. The van der Waals surface area contributed by atoms with Crippen LogP contribution in [0.1, 0.15) is 37.6 Å². The third-order valence-corrected chi connectivity index (χ3v) is 2.57.